The standard InChI is InChI=1S/C32H35BFN5O5/c1-31(2,3)44-30(42)39-15-13-38(14-16-39)24-10-7-20(8-11-24)28(40)36-19-21-6-9-23(17-25(21)34)37-29(41)27-26(32(27,33)43)22-5-4-12-35-18-22/h4-12,17-18,26-27,43H,13-16,19H2,1-3H3,(H,36,40)(H,37,41). The third-order valence-electron chi connectivity index (χ3n) is 7.73. The van der Waals surface area contributed by atoms with Crippen LogP contribution in [0.3, 0.4) is 0 Å². The number of benzene rings is 2. The highest BCUT2D eigenvalue weighted by Crippen LogP contribution is 2.55. The number of pyridine rings is 1. The fourth-order valence-electron chi connectivity index (χ4n) is 5.34. The zero-order valence-electron chi connectivity index (χ0n) is 24.9. The molecule has 0 bridgehead atoms. The zero-order chi connectivity index (χ0) is 31.6. The van der Waals surface area contributed by atoms with Crippen molar-refractivity contribution in [3.63, 3.8) is 0 Å². The molecule has 3 atom stereocenters. The number of piperazine rings is 1. The molecule has 3 aromatic rings. The first kappa shape index (κ1) is 31.0. The molecule has 1 saturated carbocycles. The van der Waals surface area contributed by atoms with Crippen LogP contribution >= 0.6 is 0 Å². The van der Waals surface area contributed by atoms with E-state index in [4.69, 9.17) is 12.6 Å². The predicted molar refractivity (Wildman–Crippen MR) is 164 cm³/mol. The molecule has 3 unspecified atom stereocenters. The van der Waals surface area contributed by atoms with Gasteiger partial charge >= 0.3 is 6.09 Å². The summed E-state index contributed by atoms with van der Waals surface area (Å²) in [5.41, 5.74) is 0.183. The number of nitrogens with zero attached hydrogens (tertiary/aromatic N) is 3. The molecule has 2 radical (unpaired) electrons. The van der Waals surface area contributed by atoms with E-state index in [2.05, 4.69) is 20.5 Å². The maximum Gasteiger partial charge on any atom is 0.410 e. The van der Waals surface area contributed by atoms with Gasteiger partial charge in [-0.15, -0.1) is 0 Å². The van der Waals surface area contributed by atoms with E-state index in [1.54, 1.807) is 41.6 Å². The van der Waals surface area contributed by atoms with Crippen molar-refractivity contribution in [2.75, 3.05) is 36.4 Å². The van der Waals surface area contributed by atoms with Crippen LogP contribution in [0.2, 0.25) is 0 Å². The van der Waals surface area contributed by atoms with Crippen molar-refractivity contribution in [1.82, 2.24) is 15.2 Å². The Bertz CT molecular complexity index is 1520. The predicted octanol–water partition coefficient (Wildman–Crippen LogP) is 3.42. The number of aromatic nitrogens is 1. The number of amides is 3. The lowest BCUT2D eigenvalue weighted by atomic mass is 9.91. The summed E-state index contributed by atoms with van der Waals surface area (Å²) in [6.07, 6.45) is 2.81. The van der Waals surface area contributed by atoms with E-state index in [-0.39, 0.29) is 29.8 Å². The second kappa shape index (κ2) is 12.3. The van der Waals surface area contributed by atoms with Gasteiger partial charge in [0.2, 0.25) is 5.91 Å². The van der Waals surface area contributed by atoms with Crippen molar-refractivity contribution in [2.45, 2.75) is 44.3 Å². The smallest absolute Gasteiger partial charge is 0.410 e. The lowest BCUT2D eigenvalue weighted by molar-refractivity contribution is -0.118. The first-order chi connectivity index (χ1) is 20.8. The minimum Gasteiger partial charge on any atom is -0.444 e. The number of anilines is 2. The van der Waals surface area contributed by atoms with Crippen molar-refractivity contribution in [1.29, 1.82) is 0 Å². The number of halogens is 1. The average molecular weight is 599 g/mol. The number of hydrogen-bond donors (Lipinski definition) is 3. The molecule has 228 valence electrons. The highest BCUT2D eigenvalue weighted by atomic mass is 19.1. The van der Waals surface area contributed by atoms with Crippen LogP contribution in [0, 0.1) is 11.7 Å². The van der Waals surface area contributed by atoms with Crippen molar-refractivity contribution in [3.05, 3.63) is 89.5 Å². The van der Waals surface area contributed by atoms with E-state index in [9.17, 15) is 23.9 Å². The minimum atomic E-state index is -1.72. The second-order valence-electron chi connectivity index (χ2n) is 12.1. The Kier molecular flexibility index (Phi) is 8.65. The fourth-order valence-corrected chi connectivity index (χ4v) is 5.34. The largest absolute Gasteiger partial charge is 0.444 e. The summed E-state index contributed by atoms with van der Waals surface area (Å²) in [6, 6.07) is 14.7. The van der Waals surface area contributed by atoms with Crippen LogP contribution in [0.1, 0.15) is 48.2 Å². The second-order valence-corrected chi connectivity index (χ2v) is 12.1. The SMILES string of the molecule is [B]C1(O)C(C(=O)Nc2ccc(CNC(=O)c3ccc(N4CCN(C(=O)OC(C)(C)C)CC4)cc3)c(F)c2)C1c1cccnc1. The molecule has 0 spiro atoms. The van der Waals surface area contributed by atoms with Crippen LogP contribution < -0.4 is 15.5 Å². The number of hydrogen-bond acceptors (Lipinski definition) is 7. The van der Waals surface area contributed by atoms with E-state index in [0.717, 1.165) is 11.8 Å². The van der Waals surface area contributed by atoms with Gasteiger partial charge in [0.25, 0.3) is 5.91 Å². The molecule has 2 aliphatic rings. The third kappa shape index (κ3) is 7.02. The van der Waals surface area contributed by atoms with Crippen LogP contribution in [0.4, 0.5) is 20.6 Å². The first-order valence-electron chi connectivity index (χ1n) is 14.4. The number of nitrogens with one attached hydrogen (secondary N) is 2. The highest BCUT2D eigenvalue weighted by molar-refractivity contribution is 6.22. The van der Waals surface area contributed by atoms with Crippen LogP contribution in [-0.4, -0.2) is 78.0 Å². The summed E-state index contributed by atoms with van der Waals surface area (Å²) >= 11 is 0. The lowest BCUT2D eigenvalue weighted by Crippen LogP contribution is -2.50. The van der Waals surface area contributed by atoms with Crippen molar-refractivity contribution in [3.8, 4) is 0 Å². The van der Waals surface area contributed by atoms with Crippen molar-refractivity contribution in [2.24, 2.45) is 5.92 Å². The van der Waals surface area contributed by atoms with Crippen molar-refractivity contribution >= 4 is 37.1 Å². The Labute approximate surface area is 257 Å². The maximum atomic E-state index is 14.9. The van der Waals surface area contributed by atoms with Crippen LogP contribution in [0.15, 0.2) is 67.0 Å². The molecule has 5 rings (SSSR count). The van der Waals surface area contributed by atoms with Gasteiger partial charge in [-0.1, -0.05) is 12.1 Å². The lowest BCUT2D eigenvalue weighted by Gasteiger charge is -2.36. The Morgan fingerprint density at radius 3 is 2.41 bits per heavy atom. The van der Waals surface area contributed by atoms with E-state index < -0.39 is 34.7 Å². The van der Waals surface area contributed by atoms with Gasteiger partial charge in [0, 0.05) is 79.0 Å². The Hall–Kier alpha value is -4.45. The number of carbonyl (C=O) groups excluding carboxylic acids is 3. The number of rotatable bonds is 7. The number of carbonyl (C=O) groups is 3. The van der Waals surface area contributed by atoms with Gasteiger partial charge < -0.3 is 30.3 Å². The molecule has 44 heavy (non-hydrogen) atoms. The van der Waals surface area contributed by atoms with Gasteiger partial charge in [0.15, 0.2) is 0 Å². The summed E-state index contributed by atoms with van der Waals surface area (Å²) in [5.74, 6) is -3.01. The summed E-state index contributed by atoms with van der Waals surface area (Å²) < 4.78 is 20.3. The number of aliphatic hydroxyl groups is 1. The monoisotopic (exact) mass is 599 g/mol. The van der Waals surface area contributed by atoms with E-state index in [1.165, 1.54) is 12.1 Å². The molecule has 2 fully saturated rings. The molecule has 2 heterocycles. The molecule has 3 amide bonds. The summed E-state index contributed by atoms with van der Waals surface area (Å²) in [5, 5.41) is 15.8. The molecular weight excluding hydrogens is 564 g/mol. The minimum absolute atomic E-state index is 0.0540. The fraction of sp³-hybridized carbons (Fsp3) is 0.375. The van der Waals surface area contributed by atoms with Gasteiger partial charge in [0.05, 0.1) is 5.92 Å². The summed E-state index contributed by atoms with van der Waals surface area (Å²) in [4.78, 5) is 45.7. The highest BCUT2D eigenvalue weighted by Gasteiger charge is 2.64. The Balaban J connectivity index is 1.10. The quantitative estimate of drug-likeness (QED) is 0.356. The van der Waals surface area contributed by atoms with E-state index >= 15 is 0 Å². The normalized spacial score (nSPS) is 21.4. The topological polar surface area (TPSA) is 124 Å². The molecule has 2 aromatic carbocycles. The van der Waals surface area contributed by atoms with Gasteiger partial charge in [-0.3, -0.25) is 14.6 Å². The van der Waals surface area contributed by atoms with Gasteiger partial charge in [-0.25, -0.2) is 9.18 Å². The van der Waals surface area contributed by atoms with Crippen LogP contribution in [0.25, 0.3) is 0 Å². The Morgan fingerprint density at radius 2 is 1.80 bits per heavy atom. The summed E-state index contributed by atoms with van der Waals surface area (Å²) in [7, 11) is 5.92. The molecule has 1 aliphatic carbocycles. The van der Waals surface area contributed by atoms with Crippen LogP contribution in [0.5, 0.6) is 0 Å². The molecule has 10 nitrogen and oxygen atoms in total. The first-order valence-corrected chi connectivity index (χ1v) is 14.4. The van der Waals surface area contributed by atoms with Gasteiger partial charge in [-0.2, -0.15) is 0 Å². The summed E-state index contributed by atoms with van der Waals surface area (Å²) in [6.45, 7) is 7.81. The zero-order valence-corrected chi connectivity index (χ0v) is 24.9. The molecule has 3 N–H and O–H groups in total. The molecule has 1 aromatic heterocycles. The molecular formula is C32H35BFN5O5. The maximum absolute atomic E-state index is 14.9. The Morgan fingerprint density at radius 1 is 1.09 bits per heavy atom. The van der Waals surface area contributed by atoms with Gasteiger partial charge in [-0.05, 0) is 68.8 Å². The van der Waals surface area contributed by atoms with Crippen LogP contribution in [-0.2, 0) is 16.1 Å². The molecule has 1 saturated heterocycles. The molecule has 12 heteroatoms. The van der Waals surface area contributed by atoms with Crippen molar-refractivity contribution < 1.29 is 28.6 Å². The third-order valence-corrected chi connectivity index (χ3v) is 7.73. The van der Waals surface area contributed by atoms with E-state index in [0.29, 0.717) is 37.3 Å². The molecule has 1 aliphatic heterocycles. The number of ether oxygens (including phenoxy) is 1. The van der Waals surface area contributed by atoms with E-state index in [1.807, 2.05) is 32.9 Å². The average Bonchev–Trinajstić information content (AvgIpc) is 3.58. The van der Waals surface area contributed by atoms with Gasteiger partial charge in [0.1, 0.15) is 19.3 Å².